The van der Waals surface area contributed by atoms with Crippen LogP contribution in [-0.4, -0.2) is 23.4 Å². The van der Waals surface area contributed by atoms with Crippen LogP contribution in [0.15, 0.2) is 6.07 Å². The number of ether oxygens (including phenoxy) is 2. The molecule has 1 aromatic heterocycles. The maximum Gasteiger partial charge on any atom is 0.575 e. The van der Waals surface area contributed by atoms with E-state index in [1.807, 2.05) is 0 Å². The smallest absolute Gasteiger partial charge is 0.489 e. The second kappa shape index (κ2) is 5.02. The summed E-state index contributed by atoms with van der Waals surface area (Å²) in [6, 6.07) is 0.583. The number of nitrogens with zero attached hydrogens (tertiary/aromatic N) is 2. The Balaban J connectivity index is 3.32. The molecule has 0 aromatic carbocycles. The maximum absolute atomic E-state index is 12.6. The van der Waals surface area contributed by atoms with Gasteiger partial charge in [0, 0.05) is 16.6 Å². The molecule has 0 atom stereocenters. The summed E-state index contributed by atoms with van der Waals surface area (Å²) in [4.78, 5) is 12.5. The van der Waals surface area contributed by atoms with E-state index < -0.39 is 41.0 Å². The number of methoxy groups -OCH3 is 1. The van der Waals surface area contributed by atoms with E-state index in [9.17, 15) is 27.7 Å². The average molecular weight is 270 g/mol. The van der Waals surface area contributed by atoms with Gasteiger partial charge in [-0.15, -0.1) is 13.2 Å². The molecule has 18 heavy (non-hydrogen) atoms. The summed E-state index contributed by atoms with van der Waals surface area (Å²) in [5, 5.41) is 10.6. The number of rotatable bonds is 4. The highest BCUT2D eigenvalue weighted by Gasteiger charge is 2.35. The lowest BCUT2D eigenvalue weighted by Crippen LogP contribution is -2.18. The summed E-state index contributed by atoms with van der Waals surface area (Å²) in [7, 11) is 1.01. The second-order valence-corrected chi connectivity index (χ2v) is 2.92. The van der Waals surface area contributed by atoms with Gasteiger partial charge in [-0.2, -0.15) is 0 Å². The van der Waals surface area contributed by atoms with E-state index in [-0.39, 0.29) is 0 Å². The number of alkyl halides is 4. The highest BCUT2D eigenvalue weighted by molar-refractivity contribution is 5.49. The van der Waals surface area contributed by atoms with Crippen molar-refractivity contribution < 1.29 is 32.0 Å². The topological polar surface area (TPSA) is 74.5 Å². The van der Waals surface area contributed by atoms with Crippen molar-refractivity contribution in [2.75, 3.05) is 7.11 Å². The third-order valence-corrected chi connectivity index (χ3v) is 1.75. The van der Waals surface area contributed by atoms with Gasteiger partial charge in [-0.05, 0) is 4.92 Å². The van der Waals surface area contributed by atoms with Gasteiger partial charge < -0.3 is 19.6 Å². The molecule has 100 valence electrons. The Bertz CT molecular complexity index is 463. The zero-order valence-corrected chi connectivity index (χ0v) is 8.82. The van der Waals surface area contributed by atoms with Crippen LogP contribution < -0.4 is 9.47 Å². The molecule has 0 saturated carbocycles. The van der Waals surface area contributed by atoms with Crippen LogP contribution in [0.3, 0.4) is 0 Å². The van der Waals surface area contributed by atoms with Crippen LogP contribution >= 0.6 is 0 Å². The van der Waals surface area contributed by atoms with Crippen molar-refractivity contribution in [2.45, 2.75) is 13.0 Å². The fraction of sp³-hybridized carbons (Fsp3) is 0.375. The summed E-state index contributed by atoms with van der Waals surface area (Å²) < 4.78 is 56.3. The van der Waals surface area contributed by atoms with Crippen molar-refractivity contribution >= 4 is 5.82 Å². The molecule has 0 unspecified atom stereocenters. The van der Waals surface area contributed by atoms with Crippen LogP contribution in [0.1, 0.15) is 5.56 Å². The van der Waals surface area contributed by atoms with Crippen LogP contribution in [0.4, 0.5) is 23.4 Å². The first-order valence-corrected chi connectivity index (χ1v) is 4.32. The largest absolute Gasteiger partial charge is 0.575 e. The van der Waals surface area contributed by atoms with Gasteiger partial charge in [-0.25, -0.2) is 4.39 Å². The zero-order valence-electron chi connectivity index (χ0n) is 8.82. The van der Waals surface area contributed by atoms with Gasteiger partial charge in [-0.3, -0.25) is 0 Å². The van der Waals surface area contributed by atoms with E-state index in [1.165, 1.54) is 0 Å². The summed E-state index contributed by atoms with van der Waals surface area (Å²) in [5.41, 5.74) is -0.460. The maximum atomic E-state index is 12.6. The van der Waals surface area contributed by atoms with Crippen LogP contribution in [-0.2, 0) is 6.67 Å². The van der Waals surface area contributed by atoms with Crippen LogP contribution in [0.2, 0.25) is 0 Å². The molecule has 0 bridgehead atoms. The molecule has 0 saturated heterocycles. The molecule has 0 aliphatic rings. The van der Waals surface area contributed by atoms with E-state index >= 15 is 0 Å². The predicted octanol–water partition coefficient (Wildman–Crippen LogP) is 2.37. The monoisotopic (exact) mass is 270 g/mol. The van der Waals surface area contributed by atoms with Gasteiger partial charge >= 0.3 is 18.1 Å². The molecule has 0 fully saturated rings. The van der Waals surface area contributed by atoms with Gasteiger partial charge in [0.2, 0.25) is 5.75 Å². The Hall–Kier alpha value is -2.13. The van der Waals surface area contributed by atoms with Crippen molar-refractivity contribution in [2.24, 2.45) is 0 Å². The fourth-order valence-corrected chi connectivity index (χ4v) is 1.16. The lowest BCUT2D eigenvalue weighted by molar-refractivity contribution is -0.391. The zero-order chi connectivity index (χ0) is 13.9. The third kappa shape index (κ3) is 3.18. The highest BCUT2D eigenvalue weighted by Crippen LogP contribution is 2.34. The van der Waals surface area contributed by atoms with E-state index in [1.54, 1.807) is 0 Å². The molecule has 0 amide bonds. The molecule has 1 aromatic rings. The first-order valence-electron chi connectivity index (χ1n) is 4.32. The van der Waals surface area contributed by atoms with Crippen LogP contribution in [0.5, 0.6) is 11.6 Å². The minimum absolute atomic E-state index is 0.460. The molecule has 0 aliphatic carbocycles. The average Bonchev–Trinajstić information content (AvgIpc) is 2.25. The highest BCUT2D eigenvalue weighted by atomic mass is 19.4. The second-order valence-electron chi connectivity index (χ2n) is 2.92. The molecule has 0 N–H and O–H groups in total. The fourth-order valence-electron chi connectivity index (χ4n) is 1.16. The number of halogens is 4. The van der Waals surface area contributed by atoms with Gasteiger partial charge in [0.1, 0.15) is 6.67 Å². The van der Waals surface area contributed by atoms with E-state index in [0.29, 0.717) is 6.07 Å². The molecular formula is C8H6F4N2O4. The van der Waals surface area contributed by atoms with E-state index in [2.05, 4.69) is 14.5 Å². The first-order chi connectivity index (χ1) is 8.28. The number of nitro groups is 1. The Morgan fingerprint density at radius 3 is 2.50 bits per heavy atom. The molecule has 10 heteroatoms. The van der Waals surface area contributed by atoms with Crippen molar-refractivity contribution in [3.05, 3.63) is 21.7 Å². The van der Waals surface area contributed by atoms with Crippen LogP contribution in [0, 0.1) is 10.1 Å². The quantitative estimate of drug-likeness (QED) is 0.477. The Morgan fingerprint density at radius 2 is 2.11 bits per heavy atom. The SMILES string of the molecule is COc1c(CF)cc(OC(F)(F)F)nc1[N+](=O)[O-]. The Morgan fingerprint density at radius 1 is 1.50 bits per heavy atom. The van der Waals surface area contributed by atoms with Gasteiger partial charge in [-0.1, -0.05) is 0 Å². The summed E-state index contributed by atoms with van der Waals surface area (Å²) >= 11 is 0. The van der Waals surface area contributed by atoms with Crippen molar-refractivity contribution in [3.8, 4) is 11.6 Å². The van der Waals surface area contributed by atoms with Crippen molar-refractivity contribution in [1.29, 1.82) is 0 Å². The Kier molecular flexibility index (Phi) is 3.89. The Labute approximate surface area is 97.3 Å². The molecular weight excluding hydrogens is 264 g/mol. The van der Waals surface area contributed by atoms with E-state index in [0.717, 1.165) is 7.11 Å². The molecule has 1 rings (SSSR count). The minimum Gasteiger partial charge on any atom is -0.489 e. The minimum atomic E-state index is -5.08. The lowest BCUT2D eigenvalue weighted by Gasteiger charge is -2.08. The number of aromatic nitrogens is 1. The van der Waals surface area contributed by atoms with Crippen molar-refractivity contribution in [3.63, 3.8) is 0 Å². The number of pyridine rings is 1. The first kappa shape index (κ1) is 13.9. The molecule has 0 radical (unpaired) electrons. The molecule has 6 nitrogen and oxygen atoms in total. The van der Waals surface area contributed by atoms with Gasteiger partial charge in [0.25, 0.3) is 0 Å². The molecule has 0 aliphatic heterocycles. The summed E-state index contributed by atoms with van der Waals surface area (Å²) in [6.07, 6.45) is -5.08. The lowest BCUT2D eigenvalue weighted by atomic mass is 10.2. The summed E-state index contributed by atoms with van der Waals surface area (Å²) in [5.74, 6) is -2.72. The standard InChI is InChI=1S/C8H6F4N2O4/c1-17-6-4(3-9)2-5(18-8(10,11)12)13-7(6)14(15)16/h2H,3H2,1H3. The van der Waals surface area contributed by atoms with E-state index in [4.69, 9.17) is 0 Å². The molecule has 1 heterocycles. The normalized spacial score (nSPS) is 11.2. The van der Waals surface area contributed by atoms with Crippen LogP contribution in [0.25, 0.3) is 0 Å². The van der Waals surface area contributed by atoms with Gasteiger partial charge in [0.05, 0.1) is 7.11 Å². The number of hydrogen-bond acceptors (Lipinski definition) is 5. The predicted molar refractivity (Wildman–Crippen MR) is 48.9 cm³/mol. The third-order valence-electron chi connectivity index (χ3n) is 1.75. The van der Waals surface area contributed by atoms with Crippen molar-refractivity contribution in [1.82, 2.24) is 4.98 Å². The molecule has 0 spiro atoms. The number of hydrogen-bond donors (Lipinski definition) is 0. The van der Waals surface area contributed by atoms with Gasteiger partial charge in [0.15, 0.2) is 0 Å². The summed E-state index contributed by atoms with van der Waals surface area (Å²) in [6.45, 7) is -1.26.